The topological polar surface area (TPSA) is 75.4 Å². The van der Waals surface area contributed by atoms with Crippen LogP contribution in [0.2, 0.25) is 0 Å². The van der Waals surface area contributed by atoms with Crippen molar-refractivity contribution in [2.75, 3.05) is 18.4 Å². The van der Waals surface area contributed by atoms with Gasteiger partial charge in [0.1, 0.15) is 5.82 Å². The van der Waals surface area contributed by atoms with Gasteiger partial charge in [0, 0.05) is 31.2 Å². The number of nitrogens with one attached hydrogen (secondary N) is 1. The molecule has 0 radical (unpaired) electrons. The molecule has 2 heterocycles. The van der Waals surface area contributed by atoms with Gasteiger partial charge in [-0.1, -0.05) is 19.9 Å². The average molecular weight is 356 g/mol. The van der Waals surface area contributed by atoms with Gasteiger partial charge >= 0.3 is 0 Å². The number of nitrogens with zero attached hydrogens (tertiary/aromatic N) is 1. The molecule has 1 aromatic carbocycles. The lowest BCUT2D eigenvalue weighted by Gasteiger charge is -2.44. The van der Waals surface area contributed by atoms with Gasteiger partial charge in [0.15, 0.2) is 0 Å². The summed E-state index contributed by atoms with van der Waals surface area (Å²) < 4.78 is 13.4. The molecular weight excluding hydrogens is 333 g/mol. The zero-order valence-corrected chi connectivity index (χ0v) is 14.7. The first kappa shape index (κ1) is 18.7. The SMILES string of the molecule is CC1(C)CN(C(=O)C2CC(=O)Nc3cc(F)ccc32)CCC1N.Cl. The highest BCUT2D eigenvalue weighted by molar-refractivity contribution is 6.01. The second-order valence-corrected chi connectivity index (χ2v) is 7.18. The Bertz CT molecular complexity index is 665. The van der Waals surface area contributed by atoms with Crippen molar-refractivity contribution in [3.63, 3.8) is 0 Å². The Labute approximate surface area is 147 Å². The minimum atomic E-state index is -0.551. The Morgan fingerprint density at radius 1 is 1.42 bits per heavy atom. The van der Waals surface area contributed by atoms with Gasteiger partial charge in [-0.15, -0.1) is 12.4 Å². The molecule has 7 heteroatoms. The van der Waals surface area contributed by atoms with Crippen LogP contribution in [0.5, 0.6) is 0 Å². The molecule has 2 amide bonds. The number of piperidine rings is 1. The van der Waals surface area contributed by atoms with Gasteiger partial charge in [0.2, 0.25) is 11.8 Å². The van der Waals surface area contributed by atoms with Crippen molar-refractivity contribution in [3.05, 3.63) is 29.6 Å². The molecule has 3 rings (SSSR count). The van der Waals surface area contributed by atoms with Crippen molar-refractivity contribution < 1.29 is 14.0 Å². The number of hydrogen-bond acceptors (Lipinski definition) is 3. The van der Waals surface area contributed by atoms with Crippen LogP contribution in [-0.4, -0.2) is 35.8 Å². The fourth-order valence-electron chi connectivity index (χ4n) is 3.44. The maximum Gasteiger partial charge on any atom is 0.230 e. The van der Waals surface area contributed by atoms with Crippen LogP contribution in [0, 0.1) is 11.2 Å². The molecule has 132 valence electrons. The highest BCUT2D eigenvalue weighted by Gasteiger charge is 2.39. The second-order valence-electron chi connectivity index (χ2n) is 7.18. The minimum absolute atomic E-state index is 0. The smallest absolute Gasteiger partial charge is 0.230 e. The van der Waals surface area contributed by atoms with Gasteiger partial charge in [-0.2, -0.15) is 0 Å². The molecule has 0 aliphatic carbocycles. The minimum Gasteiger partial charge on any atom is -0.342 e. The summed E-state index contributed by atoms with van der Waals surface area (Å²) in [4.78, 5) is 26.6. The van der Waals surface area contributed by atoms with E-state index >= 15 is 0 Å². The lowest BCUT2D eigenvalue weighted by atomic mass is 9.79. The first-order chi connectivity index (χ1) is 10.8. The van der Waals surface area contributed by atoms with Crippen LogP contribution < -0.4 is 11.1 Å². The highest BCUT2D eigenvalue weighted by Crippen LogP contribution is 2.36. The van der Waals surface area contributed by atoms with Gasteiger partial charge in [0.05, 0.1) is 5.92 Å². The maximum absolute atomic E-state index is 13.4. The van der Waals surface area contributed by atoms with E-state index in [4.69, 9.17) is 5.73 Å². The molecule has 0 bridgehead atoms. The third kappa shape index (κ3) is 3.39. The molecule has 2 aliphatic rings. The number of amides is 2. The monoisotopic (exact) mass is 355 g/mol. The Hall–Kier alpha value is -1.66. The van der Waals surface area contributed by atoms with E-state index in [-0.39, 0.29) is 42.1 Å². The summed E-state index contributed by atoms with van der Waals surface area (Å²) in [7, 11) is 0. The third-order valence-electron chi connectivity index (χ3n) is 4.98. The molecule has 0 spiro atoms. The van der Waals surface area contributed by atoms with E-state index in [2.05, 4.69) is 5.32 Å². The van der Waals surface area contributed by atoms with E-state index < -0.39 is 11.7 Å². The number of nitrogens with two attached hydrogens (primary N) is 1. The van der Waals surface area contributed by atoms with E-state index in [9.17, 15) is 14.0 Å². The van der Waals surface area contributed by atoms with Gasteiger partial charge in [-0.3, -0.25) is 9.59 Å². The summed E-state index contributed by atoms with van der Waals surface area (Å²) in [6.45, 7) is 5.27. The Kier molecular flexibility index (Phi) is 5.20. The molecule has 2 aliphatic heterocycles. The number of hydrogen-bond donors (Lipinski definition) is 2. The molecule has 3 N–H and O–H groups in total. The number of rotatable bonds is 1. The number of carbonyl (C=O) groups is 2. The second kappa shape index (κ2) is 6.69. The number of anilines is 1. The summed E-state index contributed by atoms with van der Waals surface area (Å²) in [5.41, 5.74) is 7.05. The van der Waals surface area contributed by atoms with Crippen LogP contribution >= 0.6 is 12.4 Å². The van der Waals surface area contributed by atoms with Gasteiger partial charge in [-0.25, -0.2) is 4.39 Å². The Morgan fingerprint density at radius 3 is 2.79 bits per heavy atom. The predicted molar refractivity (Wildman–Crippen MR) is 92.6 cm³/mol. The summed E-state index contributed by atoms with van der Waals surface area (Å²) >= 11 is 0. The van der Waals surface area contributed by atoms with E-state index in [1.165, 1.54) is 12.1 Å². The molecule has 24 heavy (non-hydrogen) atoms. The molecule has 5 nitrogen and oxygen atoms in total. The highest BCUT2D eigenvalue weighted by atomic mass is 35.5. The van der Waals surface area contributed by atoms with Crippen LogP contribution in [-0.2, 0) is 9.59 Å². The molecule has 0 saturated carbocycles. The number of carbonyl (C=O) groups excluding carboxylic acids is 2. The Morgan fingerprint density at radius 2 is 2.12 bits per heavy atom. The predicted octanol–water partition coefficient (Wildman–Crippen LogP) is 2.26. The molecule has 1 fully saturated rings. The molecule has 2 unspecified atom stereocenters. The first-order valence-corrected chi connectivity index (χ1v) is 7.91. The van der Waals surface area contributed by atoms with Crippen molar-refractivity contribution in [2.24, 2.45) is 11.1 Å². The third-order valence-corrected chi connectivity index (χ3v) is 4.98. The number of fused-ring (bicyclic) bond motifs is 1. The number of benzene rings is 1. The summed E-state index contributed by atoms with van der Waals surface area (Å²) in [6, 6.07) is 4.24. The van der Waals surface area contributed by atoms with Crippen molar-refractivity contribution >= 4 is 29.9 Å². The van der Waals surface area contributed by atoms with Crippen molar-refractivity contribution in [2.45, 2.75) is 38.6 Å². The first-order valence-electron chi connectivity index (χ1n) is 7.91. The lowest BCUT2D eigenvalue weighted by molar-refractivity contribution is -0.138. The van der Waals surface area contributed by atoms with Crippen LogP contribution in [0.1, 0.15) is 38.2 Å². The normalized spacial score (nSPS) is 25.3. The van der Waals surface area contributed by atoms with E-state index in [1.807, 2.05) is 13.8 Å². The zero-order valence-electron chi connectivity index (χ0n) is 13.8. The van der Waals surface area contributed by atoms with Crippen LogP contribution in [0.4, 0.5) is 10.1 Å². The quantitative estimate of drug-likeness (QED) is 0.811. The van der Waals surface area contributed by atoms with Crippen LogP contribution in [0.25, 0.3) is 0 Å². The maximum atomic E-state index is 13.4. The molecule has 1 aromatic rings. The summed E-state index contributed by atoms with van der Waals surface area (Å²) in [6.07, 6.45) is 0.842. The van der Waals surface area contributed by atoms with Gasteiger partial charge in [-0.05, 0) is 29.5 Å². The standard InChI is InChI=1S/C17H22FN3O2.ClH/c1-17(2)9-21(6-5-14(17)19)16(23)12-8-15(22)20-13-7-10(18)3-4-11(12)13;/h3-4,7,12,14H,5-6,8-9,19H2,1-2H3,(H,20,22);1H. The lowest BCUT2D eigenvalue weighted by Crippen LogP contribution is -2.55. The van der Waals surface area contributed by atoms with Crippen molar-refractivity contribution in [1.29, 1.82) is 0 Å². The zero-order chi connectivity index (χ0) is 16.8. The van der Waals surface area contributed by atoms with Gasteiger partial charge in [0.25, 0.3) is 0 Å². The van der Waals surface area contributed by atoms with Crippen LogP contribution in [0.15, 0.2) is 18.2 Å². The molecule has 0 aromatic heterocycles. The van der Waals surface area contributed by atoms with Crippen molar-refractivity contribution in [3.8, 4) is 0 Å². The van der Waals surface area contributed by atoms with Crippen molar-refractivity contribution in [1.82, 2.24) is 4.90 Å². The Balaban J connectivity index is 0.00000208. The summed E-state index contributed by atoms with van der Waals surface area (Å²) in [5, 5.41) is 2.64. The van der Waals surface area contributed by atoms with E-state index in [0.717, 1.165) is 6.42 Å². The van der Waals surface area contributed by atoms with E-state index in [0.29, 0.717) is 24.3 Å². The van der Waals surface area contributed by atoms with Crippen LogP contribution in [0.3, 0.4) is 0 Å². The molecule has 1 saturated heterocycles. The fourth-order valence-corrected chi connectivity index (χ4v) is 3.44. The molecular formula is C17H23ClFN3O2. The fraction of sp³-hybridized carbons (Fsp3) is 0.529. The number of halogens is 2. The largest absolute Gasteiger partial charge is 0.342 e. The molecule has 2 atom stereocenters. The van der Waals surface area contributed by atoms with E-state index in [1.54, 1.807) is 11.0 Å². The van der Waals surface area contributed by atoms with Gasteiger partial charge < -0.3 is 16.0 Å². The summed E-state index contributed by atoms with van der Waals surface area (Å²) in [5.74, 6) is -1.31. The number of likely N-dealkylation sites (tertiary alicyclic amines) is 1. The average Bonchev–Trinajstić information content (AvgIpc) is 2.48.